The molecule has 1 fully saturated rings. The largest absolute Gasteiger partial charge is 0.391 e. The van der Waals surface area contributed by atoms with Gasteiger partial charge in [-0.15, -0.1) is 0 Å². The third kappa shape index (κ3) is 1.87. The second-order valence-electron chi connectivity index (χ2n) is 3.00. The number of aliphatic hydroxyl groups excluding tert-OH is 1. The molecule has 0 radical (unpaired) electrons. The SMILES string of the molecule is CSC[C@@H]1CN(C)C[C@H]1O. The van der Waals surface area contributed by atoms with Crippen LogP contribution in [0, 0.1) is 5.92 Å². The molecular formula is C7H15NOS. The van der Waals surface area contributed by atoms with Crippen LogP contribution in [0.3, 0.4) is 0 Å². The number of likely N-dealkylation sites (N-methyl/N-ethyl adjacent to an activating group) is 1. The number of thioether (sulfide) groups is 1. The van der Waals surface area contributed by atoms with Crippen LogP contribution in [0.15, 0.2) is 0 Å². The van der Waals surface area contributed by atoms with Gasteiger partial charge in [0.25, 0.3) is 0 Å². The zero-order chi connectivity index (χ0) is 7.56. The molecule has 2 atom stereocenters. The maximum Gasteiger partial charge on any atom is 0.0715 e. The summed E-state index contributed by atoms with van der Waals surface area (Å²) in [5.41, 5.74) is 0. The monoisotopic (exact) mass is 161 g/mol. The van der Waals surface area contributed by atoms with Crippen LogP contribution < -0.4 is 0 Å². The Hall–Kier alpha value is 0.270. The van der Waals surface area contributed by atoms with Gasteiger partial charge in [0, 0.05) is 19.0 Å². The number of rotatable bonds is 2. The molecule has 0 amide bonds. The summed E-state index contributed by atoms with van der Waals surface area (Å²) in [5.74, 6) is 1.59. The van der Waals surface area contributed by atoms with E-state index in [-0.39, 0.29) is 6.10 Å². The van der Waals surface area contributed by atoms with Gasteiger partial charge in [-0.3, -0.25) is 0 Å². The highest BCUT2D eigenvalue weighted by molar-refractivity contribution is 7.98. The van der Waals surface area contributed by atoms with Gasteiger partial charge in [0.1, 0.15) is 0 Å². The van der Waals surface area contributed by atoms with Crippen molar-refractivity contribution in [2.24, 2.45) is 5.92 Å². The molecule has 10 heavy (non-hydrogen) atoms. The first kappa shape index (κ1) is 8.37. The maximum atomic E-state index is 9.44. The molecule has 0 unspecified atom stereocenters. The molecule has 2 nitrogen and oxygen atoms in total. The summed E-state index contributed by atoms with van der Waals surface area (Å²) in [7, 11) is 2.06. The molecule has 0 aliphatic carbocycles. The molecule has 1 aliphatic heterocycles. The number of hydrogen-bond donors (Lipinski definition) is 1. The summed E-state index contributed by atoms with van der Waals surface area (Å²) in [4.78, 5) is 2.19. The summed E-state index contributed by atoms with van der Waals surface area (Å²) < 4.78 is 0. The van der Waals surface area contributed by atoms with Crippen molar-refractivity contribution in [1.82, 2.24) is 4.90 Å². The minimum absolute atomic E-state index is 0.0857. The van der Waals surface area contributed by atoms with Crippen LogP contribution in [0.25, 0.3) is 0 Å². The first-order chi connectivity index (χ1) is 4.74. The van der Waals surface area contributed by atoms with E-state index in [9.17, 15) is 5.11 Å². The van der Waals surface area contributed by atoms with Gasteiger partial charge in [-0.25, -0.2) is 0 Å². The van der Waals surface area contributed by atoms with E-state index in [2.05, 4.69) is 18.2 Å². The van der Waals surface area contributed by atoms with Crippen molar-refractivity contribution in [2.75, 3.05) is 32.1 Å². The quantitative estimate of drug-likeness (QED) is 0.629. The smallest absolute Gasteiger partial charge is 0.0715 e. The highest BCUT2D eigenvalue weighted by Gasteiger charge is 2.27. The summed E-state index contributed by atoms with van der Waals surface area (Å²) in [6.07, 6.45) is 2.00. The molecule has 1 rings (SSSR count). The standard InChI is InChI=1S/C7H15NOS/c1-8-3-6(5-10-2)7(9)4-8/h6-7,9H,3-5H2,1-2H3/t6-,7+/m0/s1. The van der Waals surface area contributed by atoms with Crippen molar-refractivity contribution in [3.63, 3.8) is 0 Å². The predicted octanol–water partition coefficient (Wildman–Crippen LogP) is 0.272. The van der Waals surface area contributed by atoms with Gasteiger partial charge >= 0.3 is 0 Å². The molecule has 0 spiro atoms. The van der Waals surface area contributed by atoms with Crippen molar-refractivity contribution in [3.05, 3.63) is 0 Å². The lowest BCUT2D eigenvalue weighted by atomic mass is 10.1. The molecule has 0 aromatic heterocycles. The van der Waals surface area contributed by atoms with Crippen molar-refractivity contribution >= 4 is 11.8 Å². The van der Waals surface area contributed by atoms with Crippen LogP contribution in [0.2, 0.25) is 0 Å². The molecule has 1 heterocycles. The second kappa shape index (κ2) is 3.60. The van der Waals surface area contributed by atoms with Gasteiger partial charge in [-0.1, -0.05) is 0 Å². The number of nitrogens with zero attached hydrogens (tertiary/aromatic N) is 1. The Bertz CT molecular complexity index is 110. The first-order valence-electron chi connectivity index (χ1n) is 3.59. The highest BCUT2D eigenvalue weighted by atomic mass is 32.2. The number of aliphatic hydroxyl groups is 1. The lowest BCUT2D eigenvalue weighted by molar-refractivity contribution is 0.152. The Morgan fingerprint density at radius 2 is 2.30 bits per heavy atom. The van der Waals surface area contributed by atoms with E-state index in [1.165, 1.54) is 0 Å². The summed E-state index contributed by atoms with van der Waals surface area (Å²) >= 11 is 1.82. The summed E-state index contributed by atoms with van der Waals surface area (Å²) in [5, 5.41) is 9.44. The van der Waals surface area contributed by atoms with E-state index >= 15 is 0 Å². The van der Waals surface area contributed by atoms with E-state index in [4.69, 9.17) is 0 Å². The minimum atomic E-state index is -0.0857. The fourth-order valence-electron chi connectivity index (χ4n) is 1.44. The third-order valence-corrected chi connectivity index (χ3v) is 2.73. The Morgan fingerprint density at radius 1 is 1.60 bits per heavy atom. The first-order valence-corrected chi connectivity index (χ1v) is 4.99. The molecule has 0 bridgehead atoms. The van der Waals surface area contributed by atoms with Crippen LogP contribution in [-0.4, -0.2) is 48.3 Å². The molecule has 0 saturated carbocycles. The van der Waals surface area contributed by atoms with Gasteiger partial charge in [-0.05, 0) is 19.1 Å². The van der Waals surface area contributed by atoms with Crippen LogP contribution in [0.4, 0.5) is 0 Å². The van der Waals surface area contributed by atoms with Gasteiger partial charge in [0.2, 0.25) is 0 Å². The topological polar surface area (TPSA) is 23.5 Å². The zero-order valence-electron chi connectivity index (χ0n) is 6.58. The lowest BCUT2D eigenvalue weighted by Gasteiger charge is -2.10. The zero-order valence-corrected chi connectivity index (χ0v) is 7.40. The van der Waals surface area contributed by atoms with Gasteiger partial charge in [-0.2, -0.15) is 11.8 Å². The van der Waals surface area contributed by atoms with Crippen LogP contribution in [-0.2, 0) is 0 Å². The van der Waals surface area contributed by atoms with Crippen molar-refractivity contribution in [3.8, 4) is 0 Å². The predicted molar refractivity (Wildman–Crippen MR) is 45.4 cm³/mol. The fourth-order valence-corrected chi connectivity index (χ4v) is 2.20. The molecular weight excluding hydrogens is 146 g/mol. The number of β-amino-alcohol motifs (C(OH)–C–C–N with tert-alkyl or cyclic N) is 1. The van der Waals surface area contributed by atoms with Crippen LogP contribution in [0.1, 0.15) is 0 Å². The Balaban J connectivity index is 2.31. The van der Waals surface area contributed by atoms with Gasteiger partial charge in [0.15, 0.2) is 0 Å². The number of hydrogen-bond acceptors (Lipinski definition) is 3. The Labute approximate surface area is 66.6 Å². The second-order valence-corrected chi connectivity index (χ2v) is 3.91. The maximum absolute atomic E-state index is 9.44. The molecule has 3 heteroatoms. The minimum Gasteiger partial charge on any atom is -0.391 e. The lowest BCUT2D eigenvalue weighted by Crippen LogP contribution is -2.19. The summed E-state index contributed by atoms with van der Waals surface area (Å²) in [6, 6.07) is 0. The van der Waals surface area contributed by atoms with E-state index in [1.807, 2.05) is 11.8 Å². The molecule has 60 valence electrons. The molecule has 0 aromatic rings. The molecule has 1 N–H and O–H groups in total. The third-order valence-electron chi connectivity index (χ3n) is 1.97. The Kier molecular flexibility index (Phi) is 3.01. The molecule has 0 aromatic carbocycles. The average molecular weight is 161 g/mol. The molecule has 1 saturated heterocycles. The van der Waals surface area contributed by atoms with Gasteiger partial charge in [0.05, 0.1) is 6.10 Å². The van der Waals surface area contributed by atoms with E-state index in [1.54, 1.807) is 0 Å². The van der Waals surface area contributed by atoms with Crippen molar-refractivity contribution < 1.29 is 5.11 Å². The van der Waals surface area contributed by atoms with Crippen LogP contribution in [0.5, 0.6) is 0 Å². The van der Waals surface area contributed by atoms with Crippen molar-refractivity contribution in [1.29, 1.82) is 0 Å². The van der Waals surface area contributed by atoms with E-state index in [0.717, 1.165) is 18.8 Å². The van der Waals surface area contributed by atoms with E-state index < -0.39 is 0 Å². The normalized spacial score (nSPS) is 35.1. The van der Waals surface area contributed by atoms with Crippen molar-refractivity contribution in [2.45, 2.75) is 6.10 Å². The highest BCUT2D eigenvalue weighted by Crippen LogP contribution is 2.18. The Morgan fingerprint density at radius 3 is 2.70 bits per heavy atom. The fraction of sp³-hybridized carbons (Fsp3) is 1.00. The number of likely N-dealkylation sites (tertiary alicyclic amines) is 1. The van der Waals surface area contributed by atoms with E-state index in [0.29, 0.717) is 5.92 Å². The molecule has 1 aliphatic rings. The average Bonchev–Trinajstić information content (AvgIpc) is 2.13. The van der Waals surface area contributed by atoms with Crippen LogP contribution >= 0.6 is 11.8 Å². The summed E-state index contributed by atoms with van der Waals surface area (Å²) in [6.45, 7) is 1.91. The van der Waals surface area contributed by atoms with Gasteiger partial charge < -0.3 is 10.0 Å².